The Labute approximate surface area is 183 Å². The van der Waals surface area contributed by atoms with Crippen molar-refractivity contribution in [2.24, 2.45) is 0 Å². The van der Waals surface area contributed by atoms with Crippen molar-refractivity contribution >= 4 is 45.1 Å². The van der Waals surface area contributed by atoms with Gasteiger partial charge >= 0.3 is 0 Å². The van der Waals surface area contributed by atoms with Crippen molar-refractivity contribution in [3.8, 4) is 0 Å². The number of anilines is 4. The van der Waals surface area contributed by atoms with Crippen molar-refractivity contribution in [3.63, 3.8) is 0 Å². The molecule has 1 aliphatic carbocycles. The van der Waals surface area contributed by atoms with Gasteiger partial charge in [-0.15, -0.1) is 0 Å². The van der Waals surface area contributed by atoms with Crippen molar-refractivity contribution in [3.05, 3.63) is 52.3 Å². The summed E-state index contributed by atoms with van der Waals surface area (Å²) in [6, 6.07) is 9.97. The van der Waals surface area contributed by atoms with Crippen LogP contribution in [0.25, 0.3) is 0 Å². The molecule has 0 unspecified atom stereocenters. The van der Waals surface area contributed by atoms with Gasteiger partial charge < -0.3 is 15.5 Å². The minimum atomic E-state index is 0.127. The molecule has 0 bridgehead atoms. The fourth-order valence-corrected chi connectivity index (χ4v) is 3.28. The molecule has 8 nitrogen and oxygen atoms in total. The van der Waals surface area contributed by atoms with Crippen LogP contribution in [0.4, 0.5) is 23.3 Å². The van der Waals surface area contributed by atoms with Crippen molar-refractivity contribution in [2.45, 2.75) is 31.6 Å². The Hall–Kier alpha value is -2.94. The van der Waals surface area contributed by atoms with E-state index >= 15 is 0 Å². The van der Waals surface area contributed by atoms with E-state index in [4.69, 9.17) is 0 Å². The first-order chi connectivity index (χ1) is 14.5. The first-order valence-corrected chi connectivity index (χ1v) is 10.7. The molecule has 0 radical (unpaired) electrons. The third-order valence-corrected chi connectivity index (χ3v) is 5.51. The molecule has 2 heterocycles. The third-order valence-electron chi connectivity index (χ3n) is 4.93. The molecule has 2 aromatic heterocycles. The fraction of sp³-hybridized carbons (Fsp3) is 0.333. The number of nitrogens with zero attached hydrogens (tertiary/aromatic N) is 4. The van der Waals surface area contributed by atoms with Gasteiger partial charge in [-0.1, -0.05) is 12.1 Å². The van der Waals surface area contributed by atoms with E-state index in [2.05, 4.69) is 46.7 Å². The molecule has 0 spiro atoms. The number of H-pyrrole nitrogens is 1. The van der Waals surface area contributed by atoms with E-state index < -0.39 is 0 Å². The zero-order valence-corrected chi connectivity index (χ0v) is 18.5. The summed E-state index contributed by atoms with van der Waals surface area (Å²) in [4.78, 5) is 22.2. The molecule has 1 amide bonds. The lowest BCUT2D eigenvalue weighted by Gasteiger charge is -2.11. The van der Waals surface area contributed by atoms with Crippen LogP contribution in [0.3, 0.4) is 0 Å². The zero-order chi connectivity index (χ0) is 21.1. The monoisotopic (exact) mass is 469 g/mol. The van der Waals surface area contributed by atoms with Crippen LogP contribution in [0.5, 0.6) is 0 Å². The molecule has 1 fully saturated rings. The maximum atomic E-state index is 11.7. The molecule has 156 valence electrons. The van der Waals surface area contributed by atoms with Gasteiger partial charge in [-0.25, -0.2) is 4.98 Å². The van der Waals surface area contributed by atoms with Crippen LogP contribution in [-0.2, 0) is 11.2 Å². The Morgan fingerprint density at radius 3 is 2.70 bits per heavy atom. The molecule has 30 heavy (non-hydrogen) atoms. The minimum absolute atomic E-state index is 0.127. The van der Waals surface area contributed by atoms with Gasteiger partial charge in [0.2, 0.25) is 11.9 Å². The summed E-state index contributed by atoms with van der Waals surface area (Å²) in [6.45, 7) is 0. The molecule has 4 rings (SSSR count). The Morgan fingerprint density at radius 2 is 2.00 bits per heavy atom. The summed E-state index contributed by atoms with van der Waals surface area (Å²) in [7, 11) is 3.55. The second-order valence-electron chi connectivity index (χ2n) is 7.61. The van der Waals surface area contributed by atoms with E-state index in [0.29, 0.717) is 30.5 Å². The van der Waals surface area contributed by atoms with Crippen LogP contribution in [0.15, 0.2) is 41.0 Å². The molecule has 9 heteroatoms. The van der Waals surface area contributed by atoms with Gasteiger partial charge in [0.25, 0.3) is 0 Å². The molecule has 0 atom stereocenters. The molecule has 0 saturated heterocycles. The predicted molar refractivity (Wildman–Crippen MR) is 120 cm³/mol. The summed E-state index contributed by atoms with van der Waals surface area (Å²) in [5, 5.41) is 13.8. The van der Waals surface area contributed by atoms with Crippen LogP contribution in [0.2, 0.25) is 0 Å². The number of amides is 1. The summed E-state index contributed by atoms with van der Waals surface area (Å²) < 4.78 is 0.761. The van der Waals surface area contributed by atoms with E-state index in [-0.39, 0.29) is 5.91 Å². The van der Waals surface area contributed by atoms with Gasteiger partial charge in [-0.3, -0.25) is 9.89 Å². The van der Waals surface area contributed by atoms with E-state index in [9.17, 15) is 4.79 Å². The van der Waals surface area contributed by atoms with E-state index in [1.807, 2.05) is 30.3 Å². The third kappa shape index (κ3) is 5.15. The van der Waals surface area contributed by atoms with Gasteiger partial charge in [0.15, 0.2) is 5.82 Å². The van der Waals surface area contributed by atoms with E-state index in [1.54, 1.807) is 25.2 Å². The van der Waals surface area contributed by atoms with Crippen molar-refractivity contribution < 1.29 is 4.79 Å². The number of aryl methyl sites for hydroxylation is 1. The standard InChI is InChI=1S/C21H24BrN7O/c1-29(2)19(30)10-5-13-3-8-15(9-4-13)24-21-23-12-16(22)20(26-21)25-18-11-17(27-28-18)14-6-7-14/h3-4,8-9,11-12,14H,5-7,10H2,1-2H3,(H3,23,24,25,26,27,28). The maximum absolute atomic E-state index is 11.7. The van der Waals surface area contributed by atoms with Gasteiger partial charge in [0.05, 0.1) is 10.2 Å². The average Bonchev–Trinajstić information content (AvgIpc) is 3.48. The summed E-state index contributed by atoms with van der Waals surface area (Å²) in [5.74, 6) is 2.66. The topological polar surface area (TPSA) is 98.8 Å². The van der Waals surface area contributed by atoms with Gasteiger partial charge in [0, 0.05) is 44.4 Å². The van der Waals surface area contributed by atoms with Crippen LogP contribution in [-0.4, -0.2) is 45.1 Å². The fourth-order valence-electron chi connectivity index (χ4n) is 2.99. The molecule has 1 saturated carbocycles. The van der Waals surface area contributed by atoms with E-state index in [1.165, 1.54) is 12.8 Å². The van der Waals surface area contributed by atoms with Crippen LogP contribution in [0, 0.1) is 0 Å². The Morgan fingerprint density at radius 1 is 1.23 bits per heavy atom. The molecule has 3 N–H and O–H groups in total. The lowest BCUT2D eigenvalue weighted by molar-refractivity contribution is -0.128. The highest BCUT2D eigenvalue weighted by atomic mass is 79.9. The van der Waals surface area contributed by atoms with Crippen molar-refractivity contribution in [2.75, 3.05) is 24.7 Å². The number of hydrogen-bond donors (Lipinski definition) is 3. The highest BCUT2D eigenvalue weighted by molar-refractivity contribution is 9.10. The first kappa shape index (κ1) is 20.3. The maximum Gasteiger partial charge on any atom is 0.229 e. The molecule has 1 aromatic carbocycles. The molecule has 3 aromatic rings. The SMILES string of the molecule is CN(C)C(=O)CCc1ccc(Nc2ncc(Br)c(Nc3cc(C4CC4)n[nH]3)n2)cc1. The number of benzene rings is 1. The molecule has 1 aliphatic rings. The van der Waals surface area contributed by atoms with Crippen LogP contribution >= 0.6 is 15.9 Å². The lowest BCUT2D eigenvalue weighted by atomic mass is 10.1. The average molecular weight is 470 g/mol. The quantitative estimate of drug-likeness (QED) is 0.453. The normalized spacial score (nSPS) is 13.2. The summed E-state index contributed by atoms with van der Waals surface area (Å²) in [5.41, 5.74) is 3.08. The number of rotatable bonds is 8. The summed E-state index contributed by atoms with van der Waals surface area (Å²) in [6.07, 6.45) is 5.34. The molecule has 0 aliphatic heterocycles. The Bertz CT molecular complexity index is 1030. The highest BCUT2D eigenvalue weighted by Gasteiger charge is 2.26. The minimum Gasteiger partial charge on any atom is -0.349 e. The highest BCUT2D eigenvalue weighted by Crippen LogP contribution is 2.39. The number of aromatic nitrogens is 4. The van der Waals surface area contributed by atoms with Gasteiger partial charge in [-0.05, 0) is 52.9 Å². The van der Waals surface area contributed by atoms with Gasteiger partial charge in [-0.2, -0.15) is 10.1 Å². The largest absolute Gasteiger partial charge is 0.349 e. The zero-order valence-electron chi connectivity index (χ0n) is 16.9. The van der Waals surface area contributed by atoms with Crippen molar-refractivity contribution in [1.29, 1.82) is 0 Å². The number of nitrogens with one attached hydrogen (secondary N) is 3. The smallest absolute Gasteiger partial charge is 0.229 e. The van der Waals surface area contributed by atoms with Gasteiger partial charge in [0.1, 0.15) is 5.82 Å². The predicted octanol–water partition coefficient (Wildman–Crippen LogP) is 4.35. The second kappa shape index (κ2) is 8.83. The van der Waals surface area contributed by atoms with Crippen LogP contribution in [0.1, 0.15) is 36.4 Å². The van der Waals surface area contributed by atoms with Crippen molar-refractivity contribution in [1.82, 2.24) is 25.1 Å². The number of carbonyl (C=O) groups is 1. The molecular formula is C21H24BrN7O. The number of aromatic amines is 1. The number of halogens is 1. The van der Waals surface area contributed by atoms with E-state index in [0.717, 1.165) is 27.2 Å². The Balaban J connectivity index is 1.39. The lowest BCUT2D eigenvalue weighted by Crippen LogP contribution is -2.21. The second-order valence-corrected chi connectivity index (χ2v) is 8.46. The Kier molecular flexibility index (Phi) is 5.98. The van der Waals surface area contributed by atoms with Crippen LogP contribution < -0.4 is 10.6 Å². The first-order valence-electron chi connectivity index (χ1n) is 9.89. The number of hydrogen-bond acceptors (Lipinski definition) is 6. The number of carbonyl (C=O) groups excluding carboxylic acids is 1. The summed E-state index contributed by atoms with van der Waals surface area (Å²) >= 11 is 3.49. The molecular weight excluding hydrogens is 446 g/mol.